The summed E-state index contributed by atoms with van der Waals surface area (Å²) in [6.07, 6.45) is 11.8. The van der Waals surface area contributed by atoms with Crippen LogP contribution >= 0.6 is 0 Å². The third kappa shape index (κ3) is 3.20. The minimum absolute atomic E-state index is 0.0255. The van der Waals surface area contributed by atoms with Gasteiger partial charge in [-0.15, -0.1) is 0 Å². The smallest absolute Gasteiger partial charge is 0.270 e. The van der Waals surface area contributed by atoms with Gasteiger partial charge in [0.1, 0.15) is 11.4 Å². The van der Waals surface area contributed by atoms with E-state index in [1.807, 2.05) is 6.07 Å². The minimum Gasteiger partial charge on any atom is -0.346 e. The first-order valence-corrected chi connectivity index (χ1v) is 12.6. The first kappa shape index (κ1) is 20.1. The Kier molecular flexibility index (Phi) is 5.08. The lowest BCUT2D eigenvalue weighted by Crippen LogP contribution is -2.42. The predicted octanol–water partition coefficient (Wildman–Crippen LogP) is 4.23. The van der Waals surface area contributed by atoms with Crippen LogP contribution in [0, 0.1) is 0 Å². The van der Waals surface area contributed by atoms with E-state index in [2.05, 4.69) is 39.4 Å². The summed E-state index contributed by atoms with van der Waals surface area (Å²) in [4.78, 5) is 31.3. The van der Waals surface area contributed by atoms with Crippen molar-refractivity contribution < 1.29 is 9.59 Å². The van der Waals surface area contributed by atoms with Crippen LogP contribution in [-0.2, 0) is 9.59 Å². The van der Waals surface area contributed by atoms with E-state index in [1.165, 1.54) is 55.2 Å². The molecule has 32 heavy (non-hydrogen) atoms. The molecule has 0 bridgehead atoms. The van der Waals surface area contributed by atoms with Gasteiger partial charge in [0.25, 0.3) is 11.8 Å². The van der Waals surface area contributed by atoms with Gasteiger partial charge in [0.15, 0.2) is 0 Å². The molecule has 2 amide bonds. The molecule has 3 heterocycles. The highest BCUT2D eigenvalue weighted by Crippen LogP contribution is 2.46. The Labute approximate surface area is 190 Å². The zero-order valence-electron chi connectivity index (χ0n) is 18.8. The number of hydrogen-bond acceptors (Lipinski definition) is 3. The second-order valence-corrected chi connectivity index (χ2v) is 10.2. The fourth-order valence-corrected chi connectivity index (χ4v) is 6.73. The molecule has 0 aromatic heterocycles. The van der Waals surface area contributed by atoms with Gasteiger partial charge >= 0.3 is 0 Å². The van der Waals surface area contributed by atoms with Crippen LogP contribution in [0.1, 0.15) is 75.7 Å². The summed E-state index contributed by atoms with van der Waals surface area (Å²) in [5.74, 6) is 0.226. The van der Waals surface area contributed by atoms with Crippen molar-refractivity contribution in [2.75, 3.05) is 13.1 Å². The number of dihydropyridines is 1. The number of amides is 2. The molecule has 168 valence electrons. The number of nitrogens with zero attached hydrogens (tertiary/aromatic N) is 2. The lowest BCUT2D eigenvalue weighted by atomic mass is 9.81. The zero-order chi connectivity index (χ0) is 21.7. The van der Waals surface area contributed by atoms with Gasteiger partial charge in [0.2, 0.25) is 0 Å². The molecule has 0 unspecified atom stereocenters. The zero-order valence-corrected chi connectivity index (χ0v) is 18.8. The van der Waals surface area contributed by atoms with E-state index in [0.717, 1.165) is 25.7 Å². The van der Waals surface area contributed by atoms with Gasteiger partial charge < -0.3 is 15.1 Å². The van der Waals surface area contributed by atoms with Crippen molar-refractivity contribution in [1.82, 2.24) is 15.1 Å². The molecule has 5 heteroatoms. The van der Waals surface area contributed by atoms with Crippen molar-refractivity contribution in [2.24, 2.45) is 0 Å². The summed E-state index contributed by atoms with van der Waals surface area (Å²) < 4.78 is 0. The van der Waals surface area contributed by atoms with Crippen molar-refractivity contribution in [3.05, 3.63) is 58.4 Å². The quantitative estimate of drug-likeness (QED) is 0.779. The van der Waals surface area contributed by atoms with E-state index in [1.54, 1.807) is 0 Å². The molecule has 3 aliphatic heterocycles. The highest BCUT2D eigenvalue weighted by Gasteiger charge is 2.48. The monoisotopic (exact) mass is 431 g/mol. The summed E-state index contributed by atoms with van der Waals surface area (Å²) in [6.45, 7) is 1.39. The molecule has 2 saturated carbocycles. The Morgan fingerprint density at radius 2 is 1.12 bits per heavy atom. The van der Waals surface area contributed by atoms with Crippen molar-refractivity contribution in [2.45, 2.75) is 82.2 Å². The van der Waals surface area contributed by atoms with Crippen LogP contribution < -0.4 is 5.32 Å². The Morgan fingerprint density at radius 1 is 0.656 bits per heavy atom. The molecule has 5 aliphatic rings. The summed E-state index contributed by atoms with van der Waals surface area (Å²) in [5, 5.41) is 3.39. The molecule has 1 N–H and O–H groups in total. The molecule has 5 nitrogen and oxygen atoms in total. The van der Waals surface area contributed by atoms with E-state index in [0.29, 0.717) is 36.6 Å². The van der Waals surface area contributed by atoms with Gasteiger partial charge in [0, 0.05) is 31.1 Å². The van der Waals surface area contributed by atoms with Gasteiger partial charge in [-0.1, -0.05) is 68.9 Å². The normalized spacial score (nSPS) is 25.5. The number of hydrogen-bond donors (Lipinski definition) is 1. The van der Waals surface area contributed by atoms with Gasteiger partial charge in [0.05, 0.1) is 0 Å². The average Bonchev–Trinajstić information content (AvgIpc) is 3.36. The maximum Gasteiger partial charge on any atom is 0.270 e. The van der Waals surface area contributed by atoms with Crippen LogP contribution in [-0.4, -0.2) is 46.8 Å². The molecular formula is C27H33N3O2. The van der Waals surface area contributed by atoms with Gasteiger partial charge in [-0.3, -0.25) is 9.59 Å². The first-order valence-electron chi connectivity index (χ1n) is 12.6. The minimum atomic E-state index is 0.0255. The number of carbonyl (C=O) groups excluding carboxylic acids is 2. The second kappa shape index (κ2) is 8.09. The first-order chi connectivity index (χ1) is 15.7. The number of benzene rings is 1. The summed E-state index contributed by atoms with van der Waals surface area (Å²) in [5.41, 5.74) is 4.90. The Bertz CT molecular complexity index is 923. The van der Waals surface area contributed by atoms with Crippen LogP contribution in [0.5, 0.6) is 0 Å². The Balaban J connectivity index is 1.34. The van der Waals surface area contributed by atoms with Crippen molar-refractivity contribution >= 4 is 11.8 Å². The van der Waals surface area contributed by atoms with Crippen molar-refractivity contribution in [3.63, 3.8) is 0 Å². The Hall–Kier alpha value is -2.56. The van der Waals surface area contributed by atoms with Crippen LogP contribution in [0.2, 0.25) is 0 Å². The molecular weight excluding hydrogens is 398 g/mol. The third-order valence-corrected chi connectivity index (χ3v) is 8.38. The largest absolute Gasteiger partial charge is 0.346 e. The van der Waals surface area contributed by atoms with Gasteiger partial charge in [-0.2, -0.15) is 0 Å². The van der Waals surface area contributed by atoms with Crippen LogP contribution in [0.4, 0.5) is 0 Å². The van der Waals surface area contributed by atoms with E-state index in [9.17, 15) is 9.59 Å². The fourth-order valence-electron chi connectivity index (χ4n) is 6.73. The van der Waals surface area contributed by atoms with Gasteiger partial charge in [-0.05, 0) is 42.4 Å². The van der Waals surface area contributed by atoms with E-state index >= 15 is 0 Å². The topological polar surface area (TPSA) is 52.7 Å². The Morgan fingerprint density at radius 3 is 1.59 bits per heavy atom. The summed E-state index contributed by atoms with van der Waals surface area (Å²) in [6, 6.07) is 11.2. The number of rotatable bonds is 3. The predicted molar refractivity (Wildman–Crippen MR) is 124 cm³/mol. The second-order valence-electron chi connectivity index (χ2n) is 10.2. The van der Waals surface area contributed by atoms with E-state index < -0.39 is 0 Å². The maximum absolute atomic E-state index is 13.6. The SMILES string of the molecule is O=C1C2=C(CN1C1CCCCC1)C(c1ccccc1)C1=C(N2)C(=O)N(C2CCCCC2)C1. The standard InChI is InChI=1S/C27H33N3O2/c31-26-24-21(16-29(26)19-12-6-2-7-13-19)23(18-10-4-1-5-11-18)22-17-30(27(32)25(22)28-24)20-14-8-3-9-15-20/h1,4-5,10-11,19-20,23,28H,2-3,6-9,12-17H2. The lowest BCUT2D eigenvalue weighted by molar-refractivity contribution is -0.128. The van der Waals surface area contributed by atoms with E-state index in [4.69, 9.17) is 0 Å². The summed E-state index contributed by atoms with van der Waals surface area (Å²) >= 11 is 0. The molecule has 6 rings (SSSR count). The molecule has 2 fully saturated rings. The van der Waals surface area contributed by atoms with Crippen LogP contribution in [0.25, 0.3) is 0 Å². The highest BCUT2D eigenvalue weighted by molar-refractivity contribution is 6.04. The molecule has 0 saturated heterocycles. The van der Waals surface area contributed by atoms with E-state index in [-0.39, 0.29) is 17.7 Å². The van der Waals surface area contributed by atoms with Gasteiger partial charge in [-0.25, -0.2) is 0 Å². The number of nitrogens with one attached hydrogen (secondary N) is 1. The molecule has 2 aliphatic carbocycles. The van der Waals surface area contributed by atoms with Crippen LogP contribution in [0.3, 0.4) is 0 Å². The fraction of sp³-hybridized carbons (Fsp3) is 0.556. The molecule has 1 aromatic carbocycles. The lowest BCUT2D eigenvalue weighted by Gasteiger charge is -2.33. The van der Waals surface area contributed by atoms with Crippen molar-refractivity contribution in [3.8, 4) is 0 Å². The summed E-state index contributed by atoms with van der Waals surface area (Å²) in [7, 11) is 0. The average molecular weight is 432 g/mol. The molecule has 1 aromatic rings. The number of carbonyl (C=O) groups is 2. The van der Waals surface area contributed by atoms with Crippen molar-refractivity contribution in [1.29, 1.82) is 0 Å². The highest BCUT2D eigenvalue weighted by atomic mass is 16.2. The molecule has 0 atom stereocenters. The molecule has 0 spiro atoms. The molecule has 0 radical (unpaired) electrons. The van der Waals surface area contributed by atoms with Crippen LogP contribution in [0.15, 0.2) is 52.9 Å². The third-order valence-electron chi connectivity index (χ3n) is 8.38. The maximum atomic E-state index is 13.6.